The first kappa shape index (κ1) is 17.0. The molecule has 1 aromatic rings. The molecule has 0 spiro atoms. The van der Waals surface area contributed by atoms with Crippen molar-refractivity contribution in [3.8, 4) is 5.75 Å². The molecule has 0 aromatic heterocycles. The molecule has 0 radical (unpaired) electrons. The van der Waals surface area contributed by atoms with E-state index in [2.05, 4.69) is 11.8 Å². The summed E-state index contributed by atoms with van der Waals surface area (Å²) in [5.41, 5.74) is 1.84. The summed E-state index contributed by atoms with van der Waals surface area (Å²) in [6.45, 7) is 11.4. The Bertz CT molecular complexity index is 502. The van der Waals surface area contributed by atoms with Crippen molar-refractivity contribution in [3.63, 3.8) is 0 Å². The standard InChI is InChI=1S/C19H29NO2/c1-14(2)22-19-6-5-16(4)13-17(19)18(21)9-12-20-10-7-15(3)8-11-20/h5-6,13-15H,7-12H2,1-4H3. The van der Waals surface area contributed by atoms with E-state index in [-0.39, 0.29) is 11.9 Å². The van der Waals surface area contributed by atoms with Crippen LogP contribution in [-0.4, -0.2) is 36.4 Å². The third kappa shape index (κ3) is 4.84. The first-order valence-corrected chi connectivity index (χ1v) is 8.48. The Morgan fingerprint density at radius 1 is 1.32 bits per heavy atom. The third-order valence-corrected chi connectivity index (χ3v) is 4.33. The fourth-order valence-electron chi connectivity index (χ4n) is 2.90. The summed E-state index contributed by atoms with van der Waals surface area (Å²) in [6.07, 6.45) is 3.16. The van der Waals surface area contributed by atoms with E-state index >= 15 is 0 Å². The third-order valence-electron chi connectivity index (χ3n) is 4.33. The van der Waals surface area contributed by atoms with Gasteiger partial charge in [-0.05, 0) is 64.8 Å². The zero-order valence-electron chi connectivity index (χ0n) is 14.4. The van der Waals surface area contributed by atoms with Gasteiger partial charge in [0.1, 0.15) is 5.75 Å². The van der Waals surface area contributed by atoms with E-state index in [4.69, 9.17) is 4.74 Å². The van der Waals surface area contributed by atoms with Gasteiger partial charge in [0, 0.05) is 13.0 Å². The first-order chi connectivity index (χ1) is 10.5. The Morgan fingerprint density at radius 2 is 2.00 bits per heavy atom. The molecular formula is C19H29NO2. The average molecular weight is 303 g/mol. The van der Waals surface area contributed by atoms with Crippen LogP contribution >= 0.6 is 0 Å². The maximum atomic E-state index is 12.6. The number of piperidine rings is 1. The summed E-state index contributed by atoms with van der Waals surface area (Å²) >= 11 is 0. The lowest BCUT2D eigenvalue weighted by atomic mass is 9.98. The minimum absolute atomic E-state index is 0.0813. The van der Waals surface area contributed by atoms with E-state index in [1.807, 2.05) is 39.0 Å². The molecule has 1 aliphatic heterocycles. The van der Waals surface area contributed by atoms with Gasteiger partial charge in [0.25, 0.3) is 0 Å². The van der Waals surface area contributed by atoms with Crippen molar-refractivity contribution in [2.45, 2.75) is 53.1 Å². The summed E-state index contributed by atoms with van der Waals surface area (Å²) in [5.74, 6) is 1.74. The molecule has 1 saturated heterocycles. The summed E-state index contributed by atoms with van der Waals surface area (Å²) < 4.78 is 5.79. The van der Waals surface area contributed by atoms with Crippen molar-refractivity contribution in [2.75, 3.05) is 19.6 Å². The van der Waals surface area contributed by atoms with Crippen LogP contribution in [0.15, 0.2) is 18.2 Å². The fourth-order valence-corrected chi connectivity index (χ4v) is 2.90. The highest BCUT2D eigenvalue weighted by Crippen LogP contribution is 2.23. The summed E-state index contributed by atoms with van der Waals surface area (Å²) in [7, 11) is 0. The van der Waals surface area contributed by atoms with E-state index in [0.717, 1.165) is 42.4 Å². The number of ether oxygens (including phenoxy) is 1. The van der Waals surface area contributed by atoms with Gasteiger partial charge in [-0.1, -0.05) is 18.6 Å². The van der Waals surface area contributed by atoms with Crippen LogP contribution in [0, 0.1) is 12.8 Å². The van der Waals surface area contributed by atoms with Crippen molar-refractivity contribution >= 4 is 5.78 Å². The Morgan fingerprint density at radius 3 is 2.64 bits per heavy atom. The number of Topliss-reactive ketones (excluding diaryl/α,β-unsaturated/α-hetero) is 1. The zero-order chi connectivity index (χ0) is 16.1. The van der Waals surface area contributed by atoms with Gasteiger partial charge in [0.05, 0.1) is 11.7 Å². The number of rotatable bonds is 6. The van der Waals surface area contributed by atoms with Crippen molar-refractivity contribution < 1.29 is 9.53 Å². The topological polar surface area (TPSA) is 29.5 Å². The second-order valence-corrected chi connectivity index (χ2v) is 6.86. The molecule has 0 amide bonds. The van der Waals surface area contributed by atoms with Gasteiger partial charge in [-0.15, -0.1) is 0 Å². The molecule has 3 heteroatoms. The van der Waals surface area contributed by atoms with E-state index in [1.165, 1.54) is 12.8 Å². The van der Waals surface area contributed by atoms with Crippen LogP contribution in [0.4, 0.5) is 0 Å². The van der Waals surface area contributed by atoms with Crippen LogP contribution in [0.5, 0.6) is 5.75 Å². The van der Waals surface area contributed by atoms with Gasteiger partial charge in [0.2, 0.25) is 0 Å². The number of carbonyl (C=O) groups excluding carboxylic acids is 1. The highest BCUT2D eigenvalue weighted by molar-refractivity contribution is 5.99. The minimum atomic E-state index is 0.0813. The highest BCUT2D eigenvalue weighted by Gasteiger charge is 2.18. The summed E-state index contributed by atoms with van der Waals surface area (Å²) in [6, 6.07) is 5.88. The van der Waals surface area contributed by atoms with Gasteiger partial charge in [0.15, 0.2) is 5.78 Å². The smallest absolute Gasteiger partial charge is 0.167 e. The quantitative estimate of drug-likeness (QED) is 0.741. The molecule has 0 atom stereocenters. The van der Waals surface area contributed by atoms with Gasteiger partial charge in [-0.2, -0.15) is 0 Å². The van der Waals surface area contributed by atoms with Crippen LogP contribution in [-0.2, 0) is 0 Å². The Hall–Kier alpha value is -1.35. The monoisotopic (exact) mass is 303 g/mol. The second kappa shape index (κ2) is 7.77. The van der Waals surface area contributed by atoms with Crippen molar-refractivity contribution in [1.29, 1.82) is 0 Å². The molecule has 22 heavy (non-hydrogen) atoms. The largest absolute Gasteiger partial charge is 0.490 e. The van der Waals surface area contributed by atoms with Crippen molar-refractivity contribution in [1.82, 2.24) is 4.90 Å². The molecule has 0 saturated carbocycles. The van der Waals surface area contributed by atoms with Gasteiger partial charge < -0.3 is 9.64 Å². The number of hydrogen-bond donors (Lipinski definition) is 0. The number of nitrogens with zero attached hydrogens (tertiary/aromatic N) is 1. The summed E-state index contributed by atoms with van der Waals surface area (Å²) in [4.78, 5) is 15.0. The van der Waals surface area contributed by atoms with Gasteiger partial charge in [-0.3, -0.25) is 4.79 Å². The van der Waals surface area contributed by atoms with E-state index in [1.54, 1.807) is 0 Å². The molecule has 1 heterocycles. The lowest BCUT2D eigenvalue weighted by Gasteiger charge is -2.29. The second-order valence-electron chi connectivity index (χ2n) is 6.86. The Kier molecular flexibility index (Phi) is 6.01. The zero-order valence-corrected chi connectivity index (χ0v) is 14.4. The molecule has 2 rings (SSSR count). The van der Waals surface area contributed by atoms with E-state index in [9.17, 15) is 4.79 Å². The lowest BCUT2D eigenvalue weighted by molar-refractivity contribution is 0.0947. The number of hydrogen-bond acceptors (Lipinski definition) is 3. The summed E-state index contributed by atoms with van der Waals surface area (Å²) in [5, 5.41) is 0. The lowest BCUT2D eigenvalue weighted by Crippen LogP contribution is -2.34. The number of benzene rings is 1. The van der Waals surface area contributed by atoms with Crippen LogP contribution in [0.25, 0.3) is 0 Å². The molecule has 1 aromatic carbocycles. The SMILES string of the molecule is Cc1ccc(OC(C)C)c(C(=O)CCN2CCC(C)CC2)c1. The number of carbonyl (C=O) groups is 1. The number of aryl methyl sites for hydroxylation is 1. The maximum Gasteiger partial charge on any atom is 0.167 e. The van der Waals surface area contributed by atoms with Gasteiger partial charge >= 0.3 is 0 Å². The predicted molar refractivity (Wildman–Crippen MR) is 90.7 cm³/mol. The van der Waals surface area contributed by atoms with Gasteiger partial charge in [-0.25, -0.2) is 0 Å². The molecule has 122 valence electrons. The molecule has 0 N–H and O–H groups in total. The average Bonchev–Trinajstić information content (AvgIpc) is 2.48. The Labute approximate surface area is 134 Å². The normalized spacial score (nSPS) is 17.0. The van der Waals surface area contributed by atoms with E-state index < -0.39 is 0 Å². The molecule has 0 bridgehead atoms. The van der Waals surface area contributed by atoms with E-state index in [0.29, 0.717) is 6.42 Å². The van der Waals surface area contributed by atoms with Crippen LogP contribution in [0.3, 0.4) is 0 Å². The van der Waals surface area contributed by atoms with Crippen LogP contribution < -0.4 is 4.74 Å². The highest BCUT2D eigenvalue weighted by atomic mass is 16.5. The molecule has 3 nitrogen and oxygen atoms in total. The van der Waals surface area contributed by atoms with Crippen molar-refractivity contribution in [2.24, 2.45) is 5.92 Å². The molecule has 0 aliphatic carbocycles. The number of likely N-dealkylation sites (tertiary alicyclic amines) is 1. The molecular weight excluding hydrogens is 274 g/mol. The van der Waals surface area contributed by atoms with Crippen LogP contribution in [0.1, 0.15) is 56.0 Å². The maximum absolute atomic E-state index is 12.6. The number of ketones is 1. The predicted octanol–water partition coefficient (Wildman–Crippen LogP) is 4.09. The minimum Gasteiger partial charge on any atom is -0.490 e. The van der Waals surface area contributed by atoms with Crippen LogP contribution in [0.2, 0.25) is 0 Å². The van der Waals surface area contributed by atoms with Crippen molar-refractivity contribution in [3.05, 3.63) is 29.3 Å². The molecule has 1 aliphatic rings. The molecule has 0 unspecified atom stereocenters. The molecule has 1 fully saturated rings. The fraction of sp³-hybridized carbons (Fsp3) is 0.632. The Balaban J connectivity index is 1.98. The first-order valence-electron chi connectivity index (χ1n) is 8.48.